The molecule has 0 unspecified atom stereocenters. The number of benzene rings is 1. The summed E-state index contributed by atoms with van der Waals surface area (Å²) in [5, 5.41) is 0. The molecule has 0 saturated carbocycles. The number of carbonyl (C=O) groups excluding carboxylic acids is 1. The second-order valence-electron chi connectivity index (χ2n) is 6.91. The summed E-state index contributed by atoms with van der Waals surface area (Å²) in [6.07, 6.45) is 7.01. The maximum atomic E-state index is 14.4. The molecule has 1 aliphatic rings. The van der Waals surface area contributed by atoms with Crippen LogP contribution in [0.2, 0.25) is 0 Å². The van der Waals surface area contributed by atoms with Gasteiger partial charge in [0.2, 0.25) is 0 Å². The van der Waals surface area contributed by atoms with Crippen LogP contribution in [0.5, 0.6) is 0 Å². The minimum atomic E-state index is -0.703. The first-order chi connectivity index (χ1) is 12.7. The monoisotopic (exact) mass is 366 g/mol. The van der Waals surface area contributed by atoms with Crippen molar-refractivity contribution >= 4 is 5.97 Å². The number of ether oxygens (including phenoxy) is 3. The first kappa shape index (κ1) is 20.8. The molecule has 4 nitrogen and oxygen atoms in total. The molecule has 146 valence electrons. The molecule has 0 atom stereocenters. The Kier molecular flexibility index (Phi) is 9.06. The molecule has 1 aliphatic heterocycles. The fourth-order valence-corrected chi connectivity index (χ4v) is 2.93. The van der Waals surface area contributed by atoms with E-state index in [9.17, 15) is 9.18 Å². The minimum Gasteiger partial charge on any atom is -0.462 e. The highest BCUT2D eigenvalue weighted by Crippen LogP contribution is 2.28. The van der Waals surface area contributed by atoms with E-state index in [0.29, 0.717) is 31.3 Å². The van der Waals surface area contributed by atoms with Crippen LogP contribution in [0.4, 0.5) is 4.39 Å². The Morgan fingerprint density at radius 3 is 2.46 bits per heavy atom. The summed E-state index contributed by atoms with van der Waals surface area (Å²) in [5.74, 6) is -0.634. The Hall–Kier alpha value is -1.46. The summed E-state index contributed by atoms with van der Waals surface area (Å²) in [6, 6.07) is 4.33. The first-order valence-corrected chi connectivity index (χ1v) is 9.85. The molecule has 0 aliphatic carbocycles. The molecular weight excluding hydrogens is 335 g/mol. The van der Waals surface area contributed by atoms with Crippen molar-refractivity contribution in [2.75, 3.05) is 19.8 Å². The highest BCUT2D eigenvalue weighted by atomic mass is 19.1. The molecule has 1 fully saturated rings. The van der Waals surface area contributed by atoms with E-state index >= 15 is 0 Å². The lowest BCUT2D eigenvalue weighted by atomic mass is 10.1. The van der Waals surface area contributed by atoms with Crippen molar-refractivity contribution in [2.24, 2.45) is 5.92 Å². The second-order valence-corrected chi connectivity index (χ2v) is 6.91. The van der Waals surface area contributed by atoms with Gasteiger partial charge in [-0.3, -0.25) is 0 Å². The summed E-state index contributed by atoms with van der Waals surface area (Å²) in [7, 11) is 0. The Bertz CT molecular complexity index is 553. The van der Waals surface area contributed by atoms with E-state index in [2.05, 4.69) is 13.8 Å². The van der Waals surface area contributed by atoms with Crippen molar-refractivity contribution in [3.05, 3.63) is 35.1 Å². The number of carbonyl (C=O) groups is 1. The summed E-state index contributed by atoms with van der Waals surface area (Å²) in [4.78, 5) is 12.1. The van der Waals surface area contributed by atoms with E-state index in [0.717, 1.165) is 25.7 Å². The number of rotatable bonds is 10. The maximum absolute atomic E-state index is 14.4. The lowest BCUT2D eigenvalue weighted by Gasteiger charge is -2.29. The fourth-order valence-electron chi connectivity index (χ4n) is 2.93. The average molecular weight is 366 g/mol. The van der Waals surface area contributed by atoms with Crippen LogP contribution in [0.25, 0.3) is 0 Å². The predicted molar refractivity (Wildman–Crippen MR) is 98.5 cm³/mol. The largest absolute Gasteiger partial charge is 0.462 e. The number of unbranched alkanes of at least 4 members (excludes halogenated alkanes) is 5. The molecule has 26 heavy (non-hydrogen) atoms. The molecule has 5 heteroatoms. The number of hydrogen-bond acceptors (Lipinski definition) is 4. The molecular formula is C21H31FO4. The van der Waals surface area contributed by atoms with Gasteiger partial charge in [0, 0.05) is 11.5 Å². The van der Waals surface area contributed by atoms with Gasteiger partial charge in [-0.05, 0) is 25.0 Å². The lowest BCUT2D eigenvalue weighted by Crippen LogP contribution is -2.27. The molecule has 0 N–H and O–H groups in total. The van der Waals surface area contributed by atoms with Gasteiger partial charge in [-0.2, -0.15) is 0 Å². The van der Waals surface area contributed by atoms with Crippen molar-refractivity contribution in [3.8, 4) is 0 Å². The van der Waals surface area contributed by atoms with E-state index in [1.54, 1.807) is 12.1 Å². The Balaban J connectivity index is 1.78. The number of halogens is 1. The summed E-state index contributed by atoms with van der Waals surface area (Å²) >= 11 is 0. The smallest absolute Gasteiger partial charge is 0.338 e. The number of esters is 1. The van der Waals surface area contributed by atoms with Crippen LogP contribution in [0.3, 0.4) is 0 Å². The van der Waals surface area contributed by atoms with Crippen LogP contribution in [-0.2, 0) is 14.2 Å². The molecule has 1 saturated heterocycles. The van der Waals surface area contributed by atoms with Crippen molar-refractivity contribution in [1.82, 2.24) is 0 Å². The second kappa shape index (κ2) is 11.3. The van der Waals surface area contributed by atoms with E-state index in [4.69, 9.17) is 14.2 Å². The van der Waals surface area contributed by atoms with Gasteiger partial charge in [0.15, 0.2) is 6.29 Å². The highest BCUT2D eigenvalue weighted by molar-refractivity contribution is 5.89. The highest BCUT2D eigenvalue weighted by Gasteiger charge is 2.25. The van der Waals surface area contributed by atoms with Gasteiger partial charge in [-0.15, -0.1) is 0 Å². The molecule has 1 heterocycles. The third-order valence-electron chi connectivity index (χ3n) is 4.77. The standard InChI is InChI=1S/C21H31FO4/c1-3-5-6-7-8-9-12-24-20(23)17-10-11-18(19(22)13-17)21-25-14-16(4-2)15-26-21/h10-11,13,16,21H,3-9,12,14-15H2,1-2H3. The van der Waals surface area contributed by atoms with Crippen molar-refractivity contribution < 1.29 is 23.4 Å². The van der Waals surface area contributed by atoms with E-state index in [1.165, 1.54) is 25.3 Å². The van der Waals surface area contributed by atoms with Crippen LogP contribution < -0.4 is 0 Å². The maximum Gasteiger partial charge on any atom is 0.338 e. The van der Waals surface area contributed by atoms with Gasteiger partial charge >= 0.3 is 5.97 Å². The molecule has 2 rings (SSSR count). The Morgan fingerprint density at radius 1 is 1.12 bits per heavy atom. The third-order valence-corrected chi connectivity index (χ3v) is 4.77. The normalized spacial score (nSPS) is 20.1. The molecule has 0 radical (unpaired) electrons. The zero-order valence-electron chi connectivity index (χ0n) is 16.0. The van der Waals surface area contributed by atoms with Crippen LogP contribution >= 0.6 is 0 Å². The van der Waals surface area contributed by atoms with Crippen molar-refractivity contribution in [1.29, 1.82) is 0 Å². The number of hydrogen-bond donors (Lipinski definition) is 0. The quantitative estimate of drug-likeness (QED) is 0.410. The third kappa shape index (κ3) is 6.36. The zero-order chi connectivity index (χ0) is 18.8. The average Bonchev–Trinajstić information content (AvgIpc) is 2.67. The van der Waals surface area contributed by atoms with Crippen LogP contribution in [0, 0.1) is 11.7 Å². The van der Waals surface area contributed by atoms with Gasteiger partial charge in [-0.25, -0.2) is 9.18 Å². The summed E-state index contributed by atoms with van der Waals surface area (Å²) < 4.78 is 30.8. The SMILES string of the molecule is CCCCCCCCOC(=O)c1ccc(C2OCC(CC)CO2)c(F)c1. The van der Waals surface area contributed by atoms with Crippen molar-refractivity contribution in [3.63, 3.8) is 0 Å². The molecule has 0 spiro atoms. The molecule has 1 aromatic carbocycles. The van der Waals surface area contributed by atoms with Gasteiger partial charge in [0.25, 0.3) is 0 Å². The topological polar surface area (TPSA) is 44.8 Å². The summed E-state index contributed by atoms with van der Waals surface area (Å²) in [6.45, 7) is 5.75. The van der Waals surface area contributed by atoms with Gasteiger partial charge in [0.1, 0.15) is 5.82 Å². The van der Waals surface area contributed by atoms with E-state index in [1.807, 2.05) is 0 Å². The molecule has 1 aromatic rings. The fraction of sp³-hybridized carbons (Fsp3) is 0.667. The van der Waals surface area contributed by atoms with E-state index < -0.39 is 18.1 Å². The first-order valence-electron chi connectivity index (χ1n) is 9.85. The Labute approximate surface area is 156 Å². The Morgan fingerprint density at radius 2 is 1.81 bits per heavy atom. The van der Waals surface area contributed by atoms with E-state index in [-0.39, 0.29) is 5.56 Å². The molecule has 0 bridgehead atoms. The van der Waals surface area contributed by atoms with Crippen LogP contribution in [-0.4, -0.2) is 25.8 Å². The minimum absolute atomic E-state index is 0.222. The molecule has 0 aromatic heterocycles. The van der Waals surface area contributed by atoms with Gasteiger partial charge in [-0.1, -0.05) is 52.0 Å². The summed E-state index contributed by atoms with van der Waals surface area (Å²) in [5.41, 5.74) is 0.548. The zero-order valence-corrected chi connectivity index (χ0v) is 16.0. The van der Waals surface area contributed by atoms with Gasteiger partial charge in [0.05, 0.1) is 25.4 Å². The van der Waals surface area contributed by atoms with Gasteiger partial charge < -0.3 is 14.2 Å². The molecule has 0 amide bonds. The van der Waals surface area contributed by atoms with Crippen molar-refractivity contribution in [2.45, 2.75) is 65.1 Å². The van der Waals surface area contributed by atoms with Crippen LogP contribution in [0.1, 0.15) is 81.0 Å². The van der Waals surface area contributed by atoms with Crippen LogP contribution in [0.15, 0.2) is 18.2 Å². The predicted octanol–water partition coefficient (Wildman–Crippen LogP) is 5.41. The lowest BCUT2D eigenvalue weighted by molar-refractivity contribution is -0.206.